The molecule has 0 aliphatic carbocycles. The Bertz CT molecular complexity index is 2130. The van der Waals surface area contributed by atoms with Crippen LogP contribution >= 0.6 is 0 Å². The molecule has 1 unspecified atom stereocenters. The van der Waals surface area contributed by atoms with E-state index in [2.05, 4.69) is 15.0 Å². The van der Waals surface area contributed by atoms with Crippen molar-refractivity contribution in [3.63, 3.8) is 0 Å². The topological polar surface area (TPSA) is 163 Å². The van der Waals surface area contributed by atoms with E-state index in [9.17, 15) is 24.3 Å². The summed E-state index contributed by atoms with van der Waals surface area (Å²) in [6.45, 7) is -0.597. The van der Waals surface area contributed by atoms with E-state index in [1.807, 2.05) is 0 Å². The molecule has 51 heavy (non-hydrogen) atoms. The number of carbonyl (C=O) groups is 4. The fraction of sp³-hybridized carbons (Fsp3) is 0.132. The highest BCUT2D eigenvalue weighted by Gasteiger charge is 2.51. The number of carbonyl (C=O) groups excluding carboxylic acids is 4. The van der Waals surface area contributed by atoms with Crippen LogP contribution in [0.3, 0.4) is 0 Å². The SMILES string of the molecule is O=C(O[C@@H]1[C@@H](CO)OC(n2cnc3c(N(C(=O)c4ccccc4)C(=O)c4ccccc4)ncnc32)[C@@H]1OC(=O)c1ccccc1)c1ccccc1. The van der Waals surface area contributed by atoms with Crippen molar-refractivity contribution < 1.29 is 38.5 Å². The van der Waals surface area contributed by atoms with Gasteiger partial charge in [-0.3, -0.25) is 14.2 Å². The summed E-state index contributed by atoms with van der Waals surface area (Å²) in [6.07, 6.45) is -2.47. The first-order valence-electron chi connectivity index (χ1n) is 15.9. The van der Waals surface area contributed by atoms with Gasteiger partial charge in [-0.25, -0.2) is 29.4 Å². The maximum absolute atomic E-state index is 14.0. The molecule has 13 nitrogen and oxygen atoms in total. The average Bonchev–Trinajstić information content (AvgIpc) is 3.77. The normalized spacial score (nSPS) is 18.2. The first-order valence-corrected chi connectivity index (χ1v) is 15.9. The molecular formula is C38H29N5O8. The Labute approximate surface area is 290 Å². The molecule has 0 saturated carbocycles. The van der Waals surface area contributed by atoms with Crippen molar-refractivity contribution >= 4 is 40.7 Å². The zero-order chi connectivity index (χ0) is 35.3. The number of rotatable bonds is 9. The van der Waals surface area contributed by atoms with Crippen molar-refractivity contribution in [2.24, 2.45) is 0 Å². The number of hydrogen-bond acceptors (Lipinski definition) is 11. The van der Waals surface area contributed by atoms with Crippen LogP contribution in [-0.2, 0) is 14.2 Å². The predicted octanol–water partition coefficient (Wildman–Crippen LogP) is 4.65. The fourth-order valence-corrected chi connectivity index (χ4v) is 5.77. The van der Waals surface area contributed by atoms with E-state index < -0.39 is 54.9 Å². The van der Waals surface area contributed by atoms with Crippen molar-refractivity contribution in [1.82, 2.24) is 19.5 Å². The van der Waals surface area contributed by atoms with Gasteiger partial charge in [-0.05, 0) is 48.5 Å². The molecule has 4 atom stereocenters. The Morgan fingerprint density at radius 2 is 1.12 bits per heavy atom. The summed E-state index contributed by atoms with van der Waals surface area (Å²) in [6, 6.07) is 32.9. The number of imide groups is 1. The lowest BCUT2D eigenvalue weighted by Gasteiger charge is -2.25. The van der Waals surface area contributed by atoms with Crippen LogP contribution in [-0.4, -0.2) is 73.3 Å². The van der Waals surface area contributed by atoms with Crippen LogP contribution in [0.15, 0.2) is 134 Å². The molecule has 0 spiro atoms. The molecular weight excluding hydrogens is 654 g/mol. The minimum atomic E-state index is -1.31. The molecule has 1 aliphatic rings. The average molecular weight is 684 g/mol. The summed E-state index contributed by atoms with van der Waals surface area (Å²) < 4.78 is 19.4. The molecule has 254 valence electrons. The van der Waals surface area contributed by atoms with Crippen molar-refractivity contribution in [3.05, 3.63) is 156 Å². The second-order valence-electron chi connectivity index (χ2n) is 11.4. The van der Waals surface area contributed by atoms with Crippen molar-refractivity contribution in [3.8, 4) is 0 Å². The standard InChI is InChI=1S/C38H29N5O8/c44-21-28-30(50-37(47)26-17-9-3-10-18-26)31(51-38(48)27-19-11-4-12-20-27)36(49-28)42-23-41-29-32(42)39-22-40-33(29)43(34(45)24-13-5-1-6-14-24)35(46)25-15-7-2-8-16-25/h1-20,22-23,28,30-31,36,44H,21H2/t28-,30-,31-,36?/m1/s1. The molecule has 3 heterocycles. The van der Waals surface area contributed by atoms with Gasteiger partial charge in [0.15, 0.2) is 35.4 Å². The number of ether oxygens (including phenoxy) is 3. The predicted molar refractivity (Wildman–Crippen MR) is 182 cm³/mol. The largest absolute Gasteiger partial charge is 0.452 e. The lowest BCUT2D eigenvalue weighted by Crippen LogP contribution is -2.40. The highest BCUT2D eigenvalue weighted by molar-refractivity contribution is 6.27. The Balaban J connectivity index is 1.31. The molecule has 0 radical (unpaired) electrons. The van der Waals surface area contributed by atoms with Gasteiger partial charge in [-0.15, -0.1) is 0 Å². The molecule has 0 bridgehead atoms. The van der Waals surface area contributed by atoms with Gasteiger partial charge in [0, 0.05) is 11.1 Å². The van der Waals surface area contributed by atoms with Crippen molar-refractivity contribution in [2.75, 3.05) is 11.5 Å². The number of aliphatic hydroxyl groups is 1. The highest BCUT2D eigenvalue weighted by atomic mass is 16.6. The summed E-state index contributed by atoms with van der Waals surface area (Å²) in [7, 11) is 0. The molecule has 1 fully saturated rings. The first kappa shape index (κ1) is 33.0. The first-order chi connectivity index (χ1) is 24.9. The molecule has 2 aromatic heterocycles. The Hall–Kier alpha value is -6.57. The summed E-state index contributed by atoms with van der Waals surface area (Å²) in [5.74, 6) is -2.87. The van der Waals surface area contributed by atoms with Crippen molar-refractivity contribution in [1.29, 1.82) is 0 Å². The Morgan fingerprint density at radius 1 is 0.647 bits per heavy atom. The van der Waals surface area contributed by atoms with E-state index in [1.165, 1.54) is 10.9 Å². The number of fused-ring (bicyclic) bond motifs is 1. The van der Waals surface area contributed by atoms with Crippen LogP contribution in [0.1, 0.15) is 47.7 Å². The van der Waals surface area contributed by atoms with Crippen LogP contribution in [0.2, 0.25) is 0 Å². The number of esters is 2. The van der Waals surface area contributed by atoms with Gasteiger partial charge in [0.1, 0.15) is 12.4 Å². The monoisotopic (exact) mass is 683 g/mol. The minimum absolute atomic E-state index is 0.0491. The van der Waals surface area contributed by atoms with Gasteiger partial charge in [0.2, 0.25) is 0 Å². The van der Waals surface area contributed by atoms with E-state index in [0.29, 0.717) is 0 Å². The lowest BCUT2D eigenvalue weighted by molar-refractivity contribution is -0.0566. The number of hydrogen-bond donors (Lipinski definition) is 1. The fourth-order valence-electron chi connectivity index (χ4n) is 5.77. The summed E-state index contributed by atoms with van der Waals surface area (Å²) in [5, 5.41) is 10.4. The van der Waals surface area contributed by atoms with E-state index in [1.54, 1.807) is 121 Å². The van der Waals surface area contributed by atoms with Crippen LogP contribution < -0.4 is 4.90 Å². The number of nitrogens with zero attached hydrogens (tertiary/aromatic N) is 5. The highest BCUT2D eigenvalue weighted by Crippen LogP contribution is 2.37. The van der Waals surface area contributed by atoms with Crippen LogP contribution in [0.4, 0.5) is 5.82 Å². The molecule has 1 aliphatic heterocycles. The smallest absolute Gasteiger partial charge is 0.338 e. The molecule has 1 N–H and O–H groups in total. The number of amides is 2. The summed E-state index contributed by atoms with van der Waals surface area (Å²) in [5.41, 5.74) is 1.08. The third-order valence-electron chi connectivity index (χ3n) is 8.24. The quantitative estimate of drug-likeness (QED) is 0.167. The molecule has 13 heteroatoms. The number of aliphatic hydroxyl groups excluding tert-OH is 1. The molecule has 4 aromatic carbocycles. The summed E-state index contributed by atoms with van der Waals surface area (Å²) in [4.78, 5) is 68.8. The number of imidazole rings is 1. The van der Waals surface area contributed by atoms with Gasteiger partial charge < -0.3 is 19.3 Å². The van der Waals surface area contributed by atoms with Crippen LogP contribution in [0.25, 0.3) is 11.2 Å². The zero-order valence-corrected chi connectivity index (χ0v) is 26.8. The Kier molecular flexibility index (Phi) is 9.37. The Morgan fingerprint density at radius 3 is 1.61 bits per heavy atom. The van der Waals surface area contributed by atoms with Crippen LogP contribution in [0.5, 0.6) is 0 Å². The maximum atomic E-state index is 14.0. The van der Waals surface area contributed by atoms with Crippen LogP contribution in [0, 0.1) is 0 Å². The van der Waals surface area contributed by atoms with E-state index in [4.69, 9.17) is 14.2 Å². The van der Waals surface area contributed by atoms with Crippen molar-refractivity contribution in [2.45, 2.75) is 24.5 Å². The van der Waals surface area contributed by atoms with Gasteiger partial charge in [-0.1, -0.05) is 72.8 Å². The van der Waals surface area contributed by atoms with Gasteiger partial charge in [-0.2, -0.15) is 0 Å². The number of aromatic nitrogens is 4. The van der Waals surface area contributed by atoms with Gasteiger partial charge >= 0.3 is 11.9 Å². The molecule has 1 saturated heterocycles. The number of anilines is 1. The third kappa shape index (κ3) is 6.58. The zero-order valence-electron chi connectivity index (χ0n) is 26.8. The van der Waals surface area contributed by atoms with E-state index in [0.717, 1.165) is 11.2 Å². The second kappa shape index (κ2) is 14.5. The lowest BCUT2D eigenvalue weighted by atomic mass is 10.1. The van der Waals surface area contributed by atoms with E-state index in [-0.39, 0.29) is 39.2 Å². The third-order valence-corrected chi connectivity index (χ3v) is 8.24. The molecule has 7 rings (SSSR count). The number of benzene rings is 4. The second-order valence-corrected chi connectivity index (χ2v) is 11.4. The maximum Gasteiger partial charge on any atom is 0.338 e. The summed E-state index contributed by atoms with van der Waals surface area (Å²) >= 11 is 0. The van der Waals surface area contributed by atoms with Gasteiger partial charge in [0.25, 0.3) is 11.8 Å². The van der Waals surface area contributed by atoms with Gasteiger partial charge in [0.05, 0.1) is 24.1 Å². The molecule has 2 amide bonds. The molecule has 6 aromatic rings. The van der Waals surface area contributed by atoms with E-state index >= 15 is 0 Å². The minimum Gasteiger partial charge on any atom is -0.452 e.